The third-order valence-corrected chi connectivity index (χ3v) is 5.22. The van der Waals surface area contributed by atoms with Crippen molar-refractivity contribution in [2.24, 2.45) is 5.92 Å². The Morgan fingerprint density at radius 3 is 3.18 bits per heavy atom. The standard InChI is InChI=1S/C16H19N3O2S/c1-22-15-6-11-5-13(17-7-14(11)21-15)16(20)18-12-4-10-2-3-19(8-10)9-12/h5-7,10,12H,2-4,8-9H2,1H3,(H,18,20)/t10-,12-/m1/s1. The average molecular weight is 317 g/mol. The number of hydrogen-bond donors (Lipinski definition) is 1. The number of carbonyl (C=O) groups is 1. The molecule has 116 valence electrons. The molecule has 1 N–H and O–H groups in total. The summed E-state index contributed by atoms with van der Waals surface area (Å²) >= 11 is 1.54. The molecule has 0 radical (unpaired) electrons. The minimum atomic E-state index is -0.0821. The quantitative estimate of drug-likeness (QED) is 0.881. The van der Waals surface area contributed by atoms with Gasteiger partial charge in [-0.1, -0.05) is 11.8 Å². The molecule has 22 heavy (non-hydrogen) atoms. The number of furan rings is 1. The molecule has 2 saturated heterocycles. The van der Waals surface area contributed by atoms with Gasteiger partial charge in [0, 0.05) is 24.5 Å². The lowest BCUT2D eigenvalue weighted by Gasteiger charge is -2.30. The zero-order valence-electron chi connectivity index (χ0n) is 12.5. The van der Waals surface area contributed by atoms with Crippen molar-refractivity contribution in [2.75, 3.05) is 25.9 Å². The maximum absolute atomic E-state index is 12.4. The topological polar surface area (TPSA) is 58.4 Å². The second-order valence-electron chi connectivity index (χ2n) is 6.20. The molecule has 4 heterocycles. The van der Waals surface area contributed by atoms with Gasteiger partial charge in [-0.05, 0) is 43.7 Å². The number of hydrogen-bond acceptors (Lipinski definition) is 5. The highest BCUT2D eigenvalue weighted by atomic mass is 32.2. The molecule has 0 saturated carbocycles. The molecular weight excluding hydrogens is 298 g/mol. The molecule has 0 aromatic carbocycles. The number of nitrogens with zero attached hydrogens (tertiary/aromatic N) is 2. The van der Waals surface area contributed by atoms with Gasteiger partial charge in [0.2, 0.25) is 0 Å². The molecule has 5 nitrogen and oxygen atoms in total. The summed E-state index contributed by atoms with van der Waals surface area (Å²) in [6, 6.07) is 4.01. The number of carbonyl (C=O) groups excluding carboxylic acids is 1. The van der Waals surface area contributed by atoms with Gasteiger partial charge in [-0.15, -0.1) is 0 Å². The normalized spacial score (nSPS) is 27.2. The van der Waals surface area contributed by atoms with Crippen LogP contribution in [0.2, 0.25) is 0 Å². The van der Waals surface area contributed by atoms with E-state index in [-0.39, 0.29) is 11.9 Å². The largest absolute Gasteiger partial charge is 0.448 e. The summed E-state index contributed by atoms with van der Waals surface area (Å²) in [4.78, 5) is 19.1. The SMILES string of the molecule is CSc1cc2cc(C(=O)N[C@@H]3C[C@H]4CCN(C4)C3)ncc2o1. The number of rotatable bonds is 3. The first-order valence-electron chi connectivity index (χ1n) is 7.68. The third-order valence-electron chi connectivity index (χ3n) is 4.62. The van der Waals surface area contributed by atoms with Gasteiger partial charge in [0.25, 0.3) is 5.91 Å². The molecule has 1 unspecified atom stereocenters. The van der Waals surface area contributed by atoms with Crippen molar-refractivity contribution in [1.29, 1.82) is 0 Å². The number of piperidine rings is 1. The molecule has 2 aliphatic rings. The van der Waals surface area contributed by atoms with Crippen molar-refractivity contribution in [3.63, 3.8) is 0 Å². The minimum absolute atomic E-state index is 0.0821. The second-order valence-corrected chi connectivity index (χ2v) is 7.01. The number of fused-ring (bicyclic) bond motifs is 3. The van der Waals surface area contributed by atoms with E-state index in [1.165, 1.54) is 19.5 Å². The molecular formula is C16H19N3O2S. The number of nitrogens with one attached hydrogen (secondary N) is 1. The van der Waals surface area contributed by atoms with Crippen molar-refractivity contribution < 1.29 is 9.21 Å². The summed E-state index contributed by atoms with van der Waals surface area (Å²) in [6.07, 6.45) is 5.96. The van der Waals surface area contributed by atoms with E-state index in [0.717, 1.165) is 34.9 Å². The first-order valence-corrected chi connectivity index (χ1v) is 8.90. The Kier molecular flexibility index (Phi) is 3.58. The molecule has 3 atom stereocenters. The minimum Gasteiger partial charge on any atom is -0.448 e. The number of aromatic nitrogens is 1. The zero-order chi connectivity index (χ0) is 15.1. The maximum atomic E-state index is 12.4. The van der Waals surface area contributed by atoms with Crippen molar-refractivity contribution in [2.45, 2.75) is 24.0 Å². The van der Waals surface area contributed by atoms with Crippen LogP contribution in [-0.4, -0.2) is 47.7 Å². The molecule has 0 aliphatic carbocycles. The van der Waals surface area contributed by atoms with Crippen LogP contribution in [0, 0.1) is 5.92 Å². The van der Waals surface area contributed by atoms with Gasteiger partial charge in [-0.25, -0.2) is 4.98 Å². The molecule has 4 rings (SSSR count). The smallest absolute Gasteiger partial charge is 0.270 e. The fraction of sp³-hybridized carbons (Fsp3) is 0.500. The Labute approximate surface area is 133 Å². The third kappa shape index (κ3) is 2.61. The van der Waals surface area contributed by atoms with Gasteiger partial charge in [0.05, 0.1) is 6.20 Å². The van der Waals surface area contributed by atoms with Gasteiger partial charge >= 0.3 is 0 Å². The van der Waals surface area contributed by atoms with E-state index < -0.39 is 0 Å². The van der Waals surface area contributed by atoms with Crippen LogP contribution < -0.4 is 5.32 Å². The van der Waals surface area contributed by atoms with Crippen LogP contribution in [0.1, 0.15) is 23.3 Å². The average Bonchev–Trinajstić information content (AvgIpc) is 3.09. The fourth-order valence-corrected chi connectivity index (χ4v) is 3.99. The van der Waals surface area contributed by atoms with Crippen LogP contribution >= 0.6 is 11.8 Å². The maximum Gasteiger partial charge on any atom is 0.270 e. The molecule has 2 aliphatic heterocycles. The monoisotopic (exact) mass is 317 g/mol. The van der Waals surface area contributed by atoms with E-state index in [4.69, 9.17) is 4.42 Å². The predicted octanol–water partition coefficient (Wildman–Crippen LogP) is 2.37. The van der Waals surface area contributed by atoms with E-state index in [1.54, 1.807) is 18.0 Å². The molecule has 2 fully saturated rings. The zero-order valence-corrected chi connectivity index (χ0v) is 13.4. The lowest BCUT2D eigenvalue weighted by Crippen LogP contribution is -2.47. The van der Waals surface area contributed by atoms with Gasteiger partial charge in [-0.2, -0.15) is 0 Å². The van der Waals surface area contributed by atoms with Crippen LogP contribution in [0.25, 0.3) is 11.0 Å². The van der Waals surface area contributed by atoms with Crippen molar-refractivity contribution in [3.8, 4) is 0 Å². The van der Waals surface area contributed by atoms with Gasteiger partial charge in [0.1, 0.15) is 5.69 Å². The first kappa shape index (κ1) is 14.1. The highest BCUT2D eigenvalue weighted by Gasteiger charge is 2.33. The summed E-state index contributed by atoms with van der Waals surface area (Å²) in [5, 5.41) is 4.91. The van der Waals surface area contributed by atoms with E-state index in [9.17, 15) is 4.79 Å². The summed E-state index contributed by atoms with van der Waals surface area (Å²) < 4.78 is 5.60. The molecule has 6 heteroatoms. The van der Waals surface area contributed by atoms with Crippen LogP contribution in [0.5, 0.6) is 0 Å². The van der Waals surface area contributed by atoms with Gasteiger partial charge < -0.3 is 14.6 Å². The lowest BCUT2D eigenvalue weighted by molar-refractivity contribution is 0.0904. The lowest BCUT2D eigenvalue weighted by atomic mass is 9.97. The summed E-state index contributed by atoms with van der Waals surface area (Å²) in [5.74, 6) is 0.661. The van der Waals surface area contributed by atoms with E-state index in [1.807, 2.05) is 18.4 Å². The van der Waals surface area contributed by atoms with E-state index in [2.05, 4.69) is 15.2 Å². The summed E-state index contributed by atoms with van der Waals surface area (Å²) in [7, 11) is 0. The van der Waals surface area contributed by atoms with Crippen LogP contribution in [0.3, 0.4) is 0 Å². The Bertz CT molecular complexity index is 702. The van der Waals surface area contributed by atoms with Gasteiger partial charge in [-0.3, -0.25) is 4.79 Å². The summed E-state index contributed by atoms with van der Waals surface area (Å²) in [6.45, 7) is 3.34. The number of amides is 1. The van der Waals surface area contributed by atoms with Gasteiger partial charge in [0.15, 0.2) is 10.7 Å². The van der Waals surface area contributed by atoms with Crippen LogP contribution in [0.15, 0.2) is 27.8 Å². The van der Waals surface area contributed by atoms with E-state index in [0.29, 0.717) is 5.69 Å². The molecule has 2 bridgehead atoms. The molecule has 0 spiro atoms. The number of pyridine rings is 1. The van der Waals surface area contributed by atoms with Crippen molar-refractivity contribution in [1.82, 2.24) is 15.2 Å². The fourth-order valence-electron chi connectivity index (χ4n) is 3.57. The molecule has 2 aromatic heterocycles. The van der Waals surface area contributed by atoms with Crippen molar-refractivity contribution in [3.05, 3.63) is 24.0 Å². The van der Waals surface area contributed by atoms with E-state index >= 15 is 0 Å². The Balaban J connectivity index is 1.50. The number of thioether (sulfide) groups is 1. The first-order chi connectivity index (χ1) is 10.7. The highest BCUT2D eigenvalue weighted by Crippen LogP contribution is 2.27. The Morgan fingerprint density at radius 1 is 1.45 bits per heavy atom. The molecule has 1 amide bonds. The van der Waals surface area contributed by atoms with Crippen LogP contribution in [-0.2, 0) is 0 Å². The predicted molar refractivity (Wildman–Crippen MR) is 86.2 cm³/mol. The highest BCUT2D eigenvalue weighted by molar-refractivity contribution is 7.98. The Hall–Kier alpha value is -1.53. The second kappa shape index (κ2) is 5.59. The molecule has 2 aromatic rings. The van der Waals surface area contributed by atoms with Crippen molar-refractivity contribution >= 4 is 28.6 Å². The Morgan fingerprint density at radius 2 is 2.36 bits per heavy atom. The van der Waals surface area contributed by atoms with Crippen LogP contribution in [0.4, 0.5) is 0 Å². The summed E-state index contributed by atoms with van der Waals surface area (Å²) in [5.41, 5.74) is 1.19.